The number of imide groups is 2. The number of hydrogen-bond donors (Lipinski definition) is 3. The van der Waals surface area contributed by atoms with E-state index in [1.165, 1.54) is 0 Å². The van der Waals surface area contributed by atoms with Crippen LogP contribution in [0, 0.1) is 11.8 Å². The molecule has 5 aliphatic heterocycles. The third-order valence-corrected chi connectivity index (χ3v) is 10.7. The summed E-state index contributed by atoms with van der Waals surface area (Å²) in [4.78, 5) is 68.6. The predicted molar refractivity (Wildman–Crippen MR) is 171 cm³/mol. The van der Waals surface area contributed by atoms with Gasteiger partial charge in [0.1, 0.15) is 12.3 Å². The van der Waals surface area contributed by atoms with Gasteiger partial charge in [-0.2, -0.15) is 5.10 Å². The van der Waals surface area contributed by atoms with E-state index < -0.39 is 35.9 Å². The molecule has 4 saturated heterocycles. The molecule has 1 aromatic carbocycles. The summed E-state index contributed by atoms with van der Waals surface area (Å²) in [6.07, 6.45) is 8.36. The Morgan fingerprint density at radius 2 is 1.73 bits per heavy atom. The van der Waals surface area contributed by atoms with E-state index >= 15 is 0 Å². The van der Waals surface area contributed by atoms with Crippen LogP contribution in [0.25, 0.3) is 0 Å². The van der Waals surface area contributed by atoms with Gasteiger partial charge in [0.25, 0.3) is 11.8 Å². The van der Waals surface area contributed by atoms with Crippen molar-refractivity contribution < 1.29 is 33.8 Å². The van der Waals surface area contributed by atoms with Gasteiger partial charge in [0.15, 0.2) is 0 Å². The molecule has 0 bridgehead atoms. The second kappa shape index (κ2) is 13.8. The lowest BCUT2D eigenvalue weighted by atomic mass is 9.91. The Kier molecular flexibility index (Phi) is 9.30. The zero-order valence-corrected chi connectivity index (χ0v) is 27.0. The first-order valence-electron chi connectivity index (χ1n) is 17.2. The third kappa shape index (κ3) is 6.36. The Morgan fingerprint density at radius 1 is 0.979 bits per heavy atom. The number of benzene rings is 1. The van der Waals surface area contributed by atoms with Crippen LogP contribution in [0.2, 0.25) is 0 Å². The molecule has 0 spiro atoms. The monoisotopic (exact) mass is 661 g/mol. The predicted octanol–water partition coefficient (Wildman–Crippen LogP) is 1.52. The number of carbonyl (C=O) groups is 5. The molecular weight excluding hydrogens is 618 g/mol. The van der Waals surface area contributed by atoms with Crippen LogP contribution in [-0.2, 0) is 25.7 Å². The number of aliphatic hydroxyl groups is 1. The topological polar surface area (TPSA) is 166 Å². The minimum atomic E-state index is -1.01. The van der Waals surface area contributed by atoms with Crippen LogP contribution in [-0.4, -0.2) is 111 Å². The molecule has 0 radical (unpaired) electrons. The summed E-state index contributed by atoms with van der Waals surface area (Å²) in [7, 11) is 0. The molecule has 256 valence electrons. The molecule has 2 aromatic rings. The van der Waals surface area contributed by atoms with Gasteiger partial charge in [-0.15, -0.1) is 0 Å². The van der Waals surface area contributed by atoms with Gasteiger partial charge in [0.2, 0.25) is 17.7 Å². The van der Waals surface area contributed by atoms with Crippen LogP contribution in [0.5, 0.6) is 0 Å². The molecule has 14 nitrogen and oxygen atoms in total. The van der Waals surface area contributed by atoms with Gasteiger partial charge in [0, 0.05) is 81.6 Å². The number of fused-ring (bicyclic) bond motifs is 1. The zero-order valence-electron chi connectivity index (χ0n) is 27.0. The molecule has 4 fully saturated rings. The average molecular weight is 662 g/mol. The van der Waals surface area contributed by atoms with Crippen molar-refractivity contribution in [2.24, 2.45) is 11.8 Å². The van der Waals surface area contributed by atoms with Crippen molar-refractivity contribution in [3.8, 4) is 0 Å². The van der Waals surface area contributed by atoms with Crippen molar-refractivity contribution in [2.75, 3.05) is 44.7 Å². The maximum Gasteiger partial charge on any atom is 0.264 e. The van der Waals surface area contributed by atoms with E-state index in [1.54, 1.807) is 24.4 Å². The summed E-state index contributed by atoms with van der Waals surface area (Å²) in [5.41, 5.74) is 1.86. The fourth-order valence-electron chi connectivity index (χ4n) is 7.86. The molecule has 48 heavy (non-hydrogen) atoms. The quantitative estimate of drug-likeness (QED) is 0.353. The number of amides is 5. The number of carbonyl (C=O) groups excluding carboxylic acids is 5. The Hall–Kier alpha value is -4.14. The van der Waals surface area contributed by atoms with Gasteiger partial charge in [-0.25, -0.2) is 0 Å². The molecule has 0 saturated carbocycles. The summed E-state index contributed by atoms with van der Waals surface area (Å²) >= 11 is 0. The number of ether oxygens (including phenoxy) is 1. The van der Waals surface area contributed by atoms with E-state index in [-0.39, 0.29) is 47.8 Å². The number of likely N-dealkylation sites (tertiary alicyclic amines) is 2. The first-order valence-corrected chi connectivity index (χ1v) is 17.2. The molecule has 14 heteroatoms. The smallest absolute Gasteiger partial charge is 0.264 e. The summed E-state index contributed by atoms with van der Waals surface area (Å²) in [6.45, 7) is 4.62. The summed E-state index contributed by atoms with van der Waals surface area (Å²) in [5.74, 6) is -1.66. The standard InChI is InChI=1S/C34H43N7O7/c42-28-5-4-27(30(43)37-28)41-33(46)25-2-1-3-26(29(25)34(41)47)35-18-21-19-36-40(20-21)24-8-14-39(15-9-24)31(44)22-6-12-38(13-7-22)32(45)23-10-16-48-17-11-23/h1-3,19-20,22-24,27,31,35,44H,4-18H2,(H,37,42,43). The number of nitrogens with one attached hydrogen (secondary N) is 2. The molecule has 7 rings (SSSR count). The first-order chi connectivity index (χ1) is 23.3. The Bertz CT molecular complexity index is 1570. The lowest BCUT2D eigenvalue weighted by molar-refractivity contribution is -0.142. The van der Waals surface area contributed by atoms with E-state index in [9.17, 15) is 29.1 Å². The number of nitrogens with zero attached hydrogens (tertiary/aromatic N) is 5. The molecule has 2 unspecified atom stereocenters. The molecule has 5 amide bonds. The van der Waals surface area contributed by atoms with Crippen molar-refractivity contribution >= 4 is 35.2 Å². The van der Waals surface area contributed by atoms with Crippen LogP contribution in [0.1, 0.15) is 83.7 Å². The zero-order chi connectivity index (χ0) is 33.4. The maximum atomic E-state index is 13.4. The number of aromatic nitrogens is 2. The van der Waals surface area contributed by atoms with E-state index in [1.807, 2.05) is 15.8 Å². The highest BCUT2D eigenvalue weighted by molar-refractivity contribution is 6.25. The highest BCUT2D eigenvalue weighted by atomic mass is 16.5. The van der Waals surface area contributed by atoms with E-state index in [4.69, 9.17) is 4.74 Å². The fraction of sp³-hybridized carbons (Fsp3) is 0.588. The third-order valence-electron chi connectivity index (χ3n) is 10.7. The fourth-order valence-corrected chi connectivity index (χ4v) is 7.86. The lowest BCUT2D eigenvalue weighted by Gasteiger charge is -2.42. The van der Waals surface area contributed by atoms with E-state index in [0.29, 0.717) is 38.5 Å². The van der Waals surface area contributed by atoms with Gasteiger partial charge in [-0.3, -0.25) is 43.8 Å². The van der Waals surface area contributed by atoms with Gasteiger partial charge in [0.05, 0.1) is 23.4 Å². The molecule has 2 atom stereocenters. The Balaban J connectivity index is 0.898. The maximum absolute atomic E-state index is 13.4. The molecule has 6 heterocycles. The Labute approximate surface area is 278 Å². The minimum Gasteiger partial charge on any atom is -0.381 e. The number of hydrogen-bond acceptors (Lipinski definition) is 10. The van der Waals surface area contributed by atoms with Gasteiger partial charge in [-0.1, -0.05) is 6.07 Å². The normalized spacial score (nSPS) is 24.1. The summed E-state index contributed by atoms with van der Waals surface area (Å²) in [6, 6.07) is 4.19. The lowest BCUT2D eigenvalue weighted by Crippen LogP contribution is -2.54. The van der Waals surface area contributed by atoms with Crippen LogP contribution in [0.15, 0.2) is 30.6 Å². The molecular formula is C34H43N7O7. The van der Waals surface area contributed by atoms with Crippen LogP contribution < -0.4 is 10.6 Å². The van der Waals surface area contributed by atoms with Crippen molar-refractivity contribution in [1.82, 2.24) is 29.8 Å². The van der Waals surface area contributed by atoms with Crippen LogP contribution in [0.4, 0.5) is 5.69 Å². The largest absolute Gasteiger partial charge is 0.381 e. The van der Waals surface area contributed by atoms with Crippen molar-refractivity contribution in [2.45, 2.75) is 76.2 Å². The van der Waals surface area contributed by atoms with Gasteiger partial charge < -0.3 is 20.1 Å². The highest BCUT2D eigenvalue weighted by Gasteiger charge is 2.45. The van der Waals surface area contributed by atoms with E-state index in [2.05, 4.69) is 20.6 Å². The second-order valence-corrected chi connectivity index (χ2v) is 13.6. The second-order valence-electron chi connectivity index (χ2n) is 13.6. The summed E-state index contributed by atoms with van der Waals surface area (Å²) < 4.78 is 7.37. The SMILES string of the molecule is O=C1CCC(N2C(=O)c3cccc(NCc4cnn(C5CCN(C(O)C6CCN(C(=O)C7CCOCC7)CC6)CC5)c4)c3C2=O)C(=O)N1. The minimum absolute atomic E-state index is 0.0679. The number of rotatable bonds is 8. The number of anilines is 1. The van der Waals surface area contributed by atoms with E-state index in [0.717, 1.165) is 62.1 Å². The van der Waals surface area contributed by atoms with Gasteiger partial charge in [-0.05, 0) is 57.1 Å². The van der Waals surface area contributed by atoms with Crippen molar-refractivity contribution in [1.29, 1.82) is 0 Å². The molecule has 5 aliphatic rings. The van der Waals surface area contributed by atoms with Crippen LogP contribution >= 0.6 is 0 Å². The van der Waals surface area contributed by atoms with Crippen LogP contribution in [0.3, 0.4) is 0 Å². The average Bonchev–Trinajstić information content (AvgIpc) is 3.70. The van der Waals surface area contributed by atoms with Crippen molar-refractivity contribution in [3.63, 3.8) is 0 Å². The highest BCUT2D eigenvalue weighted by Crippen LogP contribution is 2.33. The molecule has 1 aromatic heterocycles. The summed E-state index contributed by atoms with van der Waals surface area (Å²) in [5, 5.41) is 21.3. The Morgan fingerprint density at radius 3 is 2.46 bits per heavy atom. The van der Waals surface area contributed by atoms with Crippen molar-refractivity contribution in [3.05, 3.63) is 47.3 Å². The molecule has 3 N–H and O–H groups in total. The number of aliphatic hydroxyl groups excluding tert-OH is 1. The van der Waals surface area contributed by atoms with Gasteiger partial charge >= 0.3 is 0 Å². The number of piperidine rings is 3. The molecule has 0 aliphatic carbocycles. The first kappa shape index (κ1) is 32.4.